The second kappa shape index (κ2) is 9.39. The van der Waals surface area contributed by atoms with Crippen LogP contribution in [0.2, 0.25) is 0 Å². The van der Waals surface area contributed by atoms with E-state index in [1.165, 1.54) is 5.69 Å². The molecular formula is C21H31N3O4. The van der Waals surface area contributed by atoms with Crippen molar-refractivity contribution in [3.63, 3.8) is 0 Å². The molecule has 0 radical (unpaired) electrons. The predicted octanol–water partition coefficient (Wildman–Crippen LogP) is 1.91. The van der Waals surface area contributed by atoms with E-state index in [-0.39, 0.29) is 24.2 Å². The molecule has 0 unspecified atom stereocenters. The fourth-order valence-corrected chi connectivity index (χ4v) is 4.00. The van der Waals surface area contributed by atoms with E-state index in [1.54, 1.807) is 6.92 Å². The van der Waals surface area contributed by atoms with Crippen LogP contribution in [0.15, 0.2) is 24.3 Å². The highest BCUT2D eigenvalue weighted by molar-refractivity contribution is 5.92. The van der Waals surface area contributed by atoms with Crippen molar-refractivity contribution in [3.8, 4) is 0 Å². The van der Waals surface area contributed by atoms with Gasteiger partial charge in [-0.3, -0.25) is 9.59 Å². The normalized spacial score (nSPS) is 25.2. The topological polar surface area (TPSA) is 90.9 Å². The van der Waals surface area contributed by atoms with Crippen LogP contribution in [0, 0.1) is 5.92 Å². The summed E-state index contributed by atoms with van der Waals surface area (Å²) >= 11 is 0. The summed E-state index contributed by atoms with van der Waals surface area (Å²) in [6, 6.07) is 7.96. The van der Waals surface area contributed by atoms with Gasteiger partial charge in [0.25, 0.3) is 0 Å². The van der Waals surface area contributed by atoms with Crippen LogP contribution < -0.4 is 15.5 Å². The Balaban J connectivity index is 1.48. The van der Waals surface area contributed by atoms with Gasteiger partial charge in [-0.1, -0.05) is 0 Å². The van der Waals surface area contributed by atoms with Crippen LogP contribution in [0.3, 0.4) is 0 Å². The quantitative estimate of drug-likeness (QED) is 0.644. The monoisotopic (exact) mass is 389 g/mol. The number of piperazine rings is 1. The lowest BCUT2D eigenvalue weighted by molar-refractivity contribution is -0.150. The van der Waals surface area contributed by atoms with Gasteiger partial charge in [-0.05, 0) is 56.9 Å². The maximum atomic E-state index is 12.6. The van der Waals surface area contributed by atoms with Crippen molar-refractivity contribution in [2.45, 2.75) is 44.6 Å². The van der Waals surface area contributed by atoms with Crippen molar-refractivity contribution in [3.05, 3.63) is 24.3 Å². The third-order valence-electron chi connectivity index (χ3n) is 5.68. The van der Waals surface area contributed by atoms with Crippen molar-refractivity contribution in [2.24, 2.45) is 5.92 Å². The molecule has 1 heterocycles. The van der Waals surface area contributed by atoms with E-state index in [0.29, 0.717) is 32.3 Å². The fourth-order valence-electron chi connectivity index (χ4n) is 4.00. The SMILES string of the molecule is CCOC(=O)CC1(O)CCC(C(=O)Nc2ccc(N3CCNCC3)cc2)CC1. The van der Waals surface area contributed by atoms with Crippen LogP contribution >= 0.6 is 0 Å². The minimum absolute atomic E-state index is 0.00264. The summed E-state index contributed by atoms with van der Waals surface area (Å²) in [4.78, 5) is 26.6. The number of aliphatic hydroxyl groups is 1. The lowest BCUT2D eigenvalue weighted by atomic mass is 9.77. The summed E-state index contributed by atoms with van der Waals surface area (Å²) < 4.78 is 4.93. The standard InChI is InChI=1S/C21H31N3O4/c1-2-28-19(25)15-21(27)9-7-16(8-10-21)20(26)23-17-3-5-18(6-4-17)24-13-11-22-12-14-24/h3-6,16,22,27H,2,7-15H2,1H3,(H,23,26). The van der Waals surface area contributed by atoms with E-state index in [4.69, 9.17) is 4.74 Å². The summed E-state index contributed by atoms with van der Waals surface area (Å²) in [7, 11) is 0. The smallest absolute Gasteiger partial charge is 0.308 e. The number of esters is 1. The van der Waals surface area contributed by atoms with Crippen LogP contribution in [0.25, 0.3) is 0 Å². The van der Waals surface area contributed by atoms with Crippen molar-refractivity contribution in [1.82, 2.24) is 5.32 Å². The second-order valence-electron chi connectivity index (χ2n) is 7.75. The van der Waals surface area contributed by atoms with Gasteiger partial charge in [0.15, 0.2) is 0 Å². The molecule has 3 N–H and O–H groups in total. The lowest BCUT2D eigenvalue weighted by Crippen LogP contribution is -2.43. The van der Waals surface area contributed by atoms with Crippen molar-refractivity contribution in [2.75, 3.05) is 43.0 Å². The molecule has 7 heteroatoms. The number of rotatable bonds is 6. The van der Waals surface area contributed by atoms with Gasteiger partial charge in [0.1, 0.15) is 0 Å². The molecule has 2 fully saturated rings. The molecule has 1 aliphatic heterocycles. The summed E-state index contributed by atoms with van der Waals surface area (Å²) in [6.07, 6.45) is 2.02. The van der Waals surface area contributed by atoms with E-state index in [1.807, 2.05) is 24.3 Å². The fraction of sp³-hybridized carbons (Fsp3) is 0.619. The lowest BCUT2D eigenvalue weighted by Gasteiger charge is -2.34. The Kier molecular flexibility index (Phi) is 6.91. The van der Waals surface area contributed by atoms with Gasteiger partial charge < -0.3 is 25.4 Å². The zero-order chi connectivity index (χ0) is 20.0. The Labute approximate surface area is 166 Å². The first kappa shape index (κ1) is 20.6. The number of hydrogen-bond acceptors (Lipinski definition) is 6. The van der Waals surface area contributed by atoms with Gasteiger partial charge in [0.05, 0.1) is 18.6 Å². The second-order valence-corrected chi connectivity index (χ2v) is 7.75. The van der Waals surface area contributed by atoms with E-state index in [2.05, 4.69) is 15.5 Å². The Bertz CT molecular complexity index is 663. The molecule has 28 heavy (non-hydrogen) atoms. The molecule has 1 amide bonds. The minimum Gasteiger partial charge on any atom is -0.466 e. The number of hydrogen-bond donors (Lipinski definition) is 3. The molecule has 0 aromatic heterocycles. The molecule has 1 saturated heterocycles. The van der Waals surface area contributed by atoms with Gasteiger partial charge in [0.2, 0.25) is 5.91 Å². The van der Waals surface area contributed by atoms with Crippen molar-refractivity contribution >= 4 is 23.3 Å². The minimum atomic E-state index is -1.05. The molecule has 7 nitrogen and oxygen atoms in total. The highest BCUT2D eigenvalue weighted by atomic mass is 16.5. The highest BCUT2D eigenvalue weighted by Gasteiger charge is 2.37. The maximum Gasteiger partial charge on any atom is 0.308 e. The molecule has 154 valence electrons. The maximum absolute atomic E-state index is 12.6. The number of benzene rings is 1. The average molecular weight is 389 g/mol. The molecule has 1 aromatic carbocycles. The predicted molar refractivity (Wildman–Crippen MR) is 108 cm³/mol. The van der Waals surface area contributed by atoms with E-state index in [0.717, 1.165) is 31.9 Å². The number of nitrogens with zero attached hydrogens (tertiary/aromatic N) is 1. The van der Waals surface area contributed by atoms with Gasteiger partial charge in [-0.15, -0.1) is 0 Å². The number of amides is 1. The Morgan fingerprint density at radius 1 is 1.21 bits per heavy atom. The van der Waals surface area contributed by atoms with Gasteiger partial charge >= 0.3 is 5.97 Å². The Hall–Kier alpha value is -2.12. The Morgan fingerprint density at radius 3 is 2.46 bits per heavy atom. The third-order valence-corrected chi connectivity index (χ3v) is 5.68. The largest absolute Gasteiger partial charge is 0.466 e. The van der Waals surface area contributed by atoms with Gasteiger partial charge in [-0.25, -0.2) is 0 Å². The number of carbonyl (C=O) groups excluding carboxylic acids is 2. The van der Waals surface area contributed by atoms with E-state index >= 15 is 0 Å². The zero-order valence-corrected chi connectivity index (χ0v) is 16.6. The van der Waals surface area contributed by atoms with E-state index < -0.39 is 5.60 Å². The van der Waals surface area contributed by atoms with Crippen LogP contribution in [0.5, 0.6) is 0 Å². The molecule has 1 saturated carbocycles. The molecule has 0 bridgehead atoms. The first-order valence-electron chi connectivity index (χ1n) is 10.2. The zero-order valence-electron chi connectivity index (χ0n) is 16.6. The highest BCUT2D eigenvalue weighted by Crippen LogP contribution is 2.35. The van der Waals surface area contributed by atoms with Gasteiger partial charge in [-0.2, -0.15) is 0 Å². The van der Waals surface area contributed by atoms with Crippen LogP contribution in [0.1, 0.15) is 39.0 Å². The molecule has 0 spiro atoms. The molecule has 3 rings (SSSR count). The molecule has 0 atom stereocenters. The number of ether oxygens (including phenoxy) is 1. The summed E-state index contributed by atoms with van der Waals surface area (Å²) in [5, 5.41) is 16.9. The Morgan fingerprint density at radius 2 is 1.86 bits per heavy atom. The van der Waals surface area contributed by atoms with Crippen molar-refractivity contribution < 1.29 is 19.4 Å². The van der Waals surface area contributed by atoms with E-state index in [9.17, 15) is 14.7 Å². The number of carbonyl (C=O) groups is 2. The summed E-state index contributed by atoms with van der Waals surface area (Å²) in [6.45, 7) is 6.02. The first-order chi connectivity index (χ1) is 13.5. The summed E-state index contributed by atoms with van der Waals surface area (Å²) in [5.41, 5.74) is 0.908. The number of nitrogens with one attached hydrogen (secondary N) is 2. The number of anilines is 2. The van der Waals surface area contributed by atoms with Gasteiger partial charge in [0, 0.05) is 43.5 Å². The molecule has 1 aromatic rings. The molecule has 2 aliphatic rings. The van der Waals surface area contributed by atoms with Crippen LogP contribution in [0.4, 0.5) is 11.4 Å². The molecular weight excluding hydrogens is 358 g/mol. The average Bonchev–Trinajstić information content (AvgIpc) is 2.69. The van der Waals surface area contributed by atoms with Crippen LogP contribution in [-0.2, 0) is 14.3 Å². The first-order valence-corrected chi connectivity index (χ1v) is 10.2. The summed E-state index contributed by atoms with van der Waals surface area (Å²) in [5.74, 6) is -0.541. The molecule has 1 aliphatic carbocycles. The third kappa shape index (κ3) is 5.45. The van der Waals surface area contributed by atoms with Crippen molar-refractivity contribution in [1.29, 1.82) is 0 Å². The van der Waals surface area contributed by atoms with Crippen LogP contribution in [-0.4, -0.2) is 55.4 Å².